The van der Waals surface area contributed by atoms with E-state index >= 15 is 0 Å². The summed E-state index contributed by atoms with van der Waals surface area (Å²) in [6.45, 7) is 3.24. The van der Waals surface area contributed by atoms with Crippen molar-refractivity contribution in [2.24, 2.45) is 0 Å². The number of nitrogens with zero attached hydrogens (tertiary/aromatic N) is 1. The Bertz CT molecular complexity index is 586. The SMILES string of the molecule is O=C1C=C(N2CCNCC2)c2cc(O)ccc2C1=O. The standard InChI is InChI=1S/C14H14N2O3/c17-9-1-2-10-11(7-9)12(8-13(18)14(10)19)16-5-3-15-4-6-16/h1-2,7-8,15,17H,3-6H2. The number of phenolic OH excluding ortho intramolecular Hbond substituents is 1. The molecule has 1 aliphatic carbocycles. The second-order valence-electron chi connectivity index (χ2n) is 4.69. The summed E-state index contributed by atoms with van der Waals surface area (Å²) in [5, 5.41) is 12.8. The van der Waals surface area contributed by atoms with Gasteiger partial charge in [-0.05, 0) is 18.2 Å². The number of aromatic hydroxyl groups is 1. The van der Waals surface area contributed by atoms with Gasteiger partial charge in [-0.1, -0.05) is 0 Å². The van der Waals surface area contributed by atoms with E-state index in [9.17, 15) is 14.7 Å². The van der Waals surface area contributed by atoms with Crippen molar-refractivity contribution in [3.05, 3.63) is 35.4 Å². The number of rotatable bonds is 1. The van der Waals surface area contributed by atoms with Gasteiger partial charge in [0.05, 0.1) is 0 Å². The van der Waals surface area contributed by atoms with E-state index < -0.39 is 11.6 Å². The minimum atomic E-state index is -0.506. The fraction of sp³-hybridized carbons (Fsp3) is 0.286. The topological polar surface area (TPSA) is 69.6 Å². The second-order valence-corrected chi connectivity index (χ2v) is 4.69. The van der Waals surface area contributed by atoms with Gasteiger partial charge >= 0.3 is 0 Å². The number of hydrogen-bond acceptors (Lipinski definition) is 5. The maximum Gasteiger partial charge on any atom is 0.233 e. The average Bonchev–Trinajstić information content (AvgIpc) is 2.43. The molecule has 5 nitrogen and oxygen atoms in total. The van der Waals surface area contributed by atoms with E-state index in [4.69, 9.17) is 0 Å². The first kappa shape index (κ1) is 11.9. The lowest BCUT2D eigenvalue weighted by Gasteiger charge is -2.33. The van der Waals surface area contributed by atoms with Crippen LogP contribution in [0.2, 0.25) is 0 Å². The lowest BCUT2D eigenvalue weighted by atomic mass is 9.91. The van der Waals surface area contributed by atoms with E-state index in [-0.39, 0.29) is 5.75 Å². The van der Waals surface area contributed by atoms with Gasteiger partial charge in [0.2, 0.25) is 11.6 Å². The monoisotopic (exact) mass is 258 g/mol. The summed E-state index contributed by atoms with van der Waals surface area (Å²) in [6, 6.07) is 4.50. The van der Waals surface area contributed by atoms with Crippen LogP contribution in [-0.2, 0) is 4.79 Å². The molecule has 1 saturated heterocycles. The van der Waals surface area contributed by atoms with Crippen LogP contribution in [0.5, 0.6) is 5.75 Å². The van der Waals surface area contributed by atoms with E-state index in [2.05, 4.69) is 10.2 Å². The summed E-state index contributed by atoms with van der Waals surface area (Å²) in [5.41, 5.74) is 1.75. The molecule has 0 radical (unpaired) electrons. The van der Waals surface area contributed by atoms with Gasteiger partial charge in [-0.25, -0.2) is 0 Å². The fourth-order valence-electron chi connectivity index (χ4n) is 2.51. The third-order valence-electron chi connectivity index (χ3n) is 3.47. The van der Waals surface area contributed by atoms with Crippen molar-refractivity contribution in [3.8, 4) is 5.75 Å². The summed E-state index contributed by atoms with van der Waals surface area (Å²) in [5.74, 6) is -0.900. The number of allylic oxidation sites excluding steroid dienone is 1. The Hall–Kier alpha value is -2.14. The molecule has 0 saturated carbocycles. The quantitative estimate of drug-likeness (QED) is 0.714. The van der Waals surface area contributed by atoms with Gasteiger partial charge < -0.3 is 15.3 Å². The van der Waals surface area contributed by atoms with Gasteiger partial charge in [0.15, 0.2) is 0 Å². The number of nitrogens with one attached hydrogen (secondary N) is 1. The van der Waals surface area contributed by atoms with E-state index in [0.717, 1.165) is 31.9 Å². The first-order chi connectivity index (χ1) is 9.16. The highest BCUT2D eigenvalue weighted by atomic mass is 16.3. The molecule has 1 aromatic rings. The minimum Gasteiger partial charge on any atom is -0.508 e. The van der Waals surface area contributed by atoms with E-state index in [1.807, 2.05) is 0 Å². The number of piperazine rings is 1. The number of hydrogen-bond donors (Lipinski definition) is 2. The molecule has 2 aliphatic rings. The number of carbonyl (C=O) groups excluding carboxylic acids is 2. The summed E-state index contributed by atoms with van der Waals surface area (Å²) in [6.07, 6.45) is 1.38. The highest BCUT2D eigenvalue weighted by Crippen LogP contribution is 2.30. The molecule has 1 aliphatic heterocycles. The van der Waals surface area contributed by atoms with Crippen molar-refractivity contribution in [2.75, 3.05) is 26.2 Å². The third-order valence-corrected chi connectivity index (χ3v) is 3.47. The predicted octanol–water partition coefficient (Wildman–Crippen LogP) is 0.404. The van der Waals surface area contributed by atoms with Crippen LogP contribution in [0, 0.1) is 0 Å². The zero-order valence-electron chi connectivity index (χ0n) is 10.3. The number of phenols is 1. The van der Waals surface area contributed by atoms with Gasteiger partial charge in [-0.2, -0.15) is 0 Å². The Morgan fingerprint density at radius 1 is 1.11 bits per heavy atom. The lowest BCUT2D eigenvalue weighted by molar-refractivity contribution is -0.111. The van der Waals surface area contributed by atoms with Crippen LogP contribution >= 0.6 is 0 Å². The third kappa shape index (κ3) is 2.02. The average molecular weight is 258 g/mol. The zero-order valence-corrected chi connectivity index (χ0v) is 10.3. The molecule has 1 fully saturated rings. The van der Waals surface area contributed by atoms with E-state index in [0.29, 0.717) is 11.1 Å². The molecule has 0 bridgehead atoms. The molecular weight excluding hydrogens is 244 g/mol. The molecule has 19 heavy (non-hydrogen) atoms. The van der Waals surface area contributed by atoms with Crippen LogP contribution in [-0.4, -0.2) is 47.8 Å². The van der Waals surface area contributed by atoms with Crippen molar-refractivity contribution >= 4 is 17.3 Å². The maximum absolute atomic E-state index is 11.8. The van der Waals surface area contributed by atoms with E-state index in [1.54, 1.807) is 6.07 Å². The first-order valence-corrected chi connectivity index (χ1v) is 6.26. The smallest absolute Gasteiger partial charge is 0.233 e. The van der Waals surface area contributed by atoms with Crippen LogP contribution in [0.4, 0.5) is 0 Å². The van der Waals surface area contributed by atoms with Crippen molar-refractivity contribution in [2.45, 2.75) is 0 Å². The summed E-state index contributed by atoms with van der Waals surface area (Å²) < 4.78 is 0. The molecular formula is C14H14N2O3. The summed E-state index contributed by atoms with van der Waals surface area (Å²) in [4.78, 5) is 25.7. The molecule has 3 rings (SSSR count). The Morgan fingerprint density at radius 2 is 1.84 bits per heavy atom. The zero-order chi connectivity index (χ0) is 13.4. The summed E-state index contributed by atoms with van der Waals surface area (Å²) in [7, 11) is 0. The normalized spacial score (nSPS) is 19.2. The van der Waals surface area contributed by atoms with Crippen LogP contribution in [0.25, 0.3) is 5.70 Å². The van der Waals surface area contributed by atoms with Crippen LogP contribution in [0.1, 0.15) is 15.9 Å². The predicted molar refractivity (Wildman–Crippen MR) is 69.9 cm³/mol. The van der Waals surface area contributed by atoms with Crippen molar-refractivity contribution < 1.29 is 14.7 Å². The molecule has 98 valence electrons. The van der Waals surface area contributed by atoms with Gasteiger partial charge in [0.1, 0.15) is 5.75 Å². The van der Waals surface area contributed by atoms with Crippen molar-refractivity contribution in [1.29, 1.82) is 0 Å². The molecule has 0 aromatic heterocycles. The lowest BCUT2D eigenvalue weighted by Crippen LogP contribution is -2.43. The molecule has 5 heteroatoms. The van der Waals surface area contributed by atoms with Crippen LogP contribution in [0.15, 0.2) is 24.3 Å². The Balaban J connectivity index is 2.08. The molecule has 1 heterocycles. The number of carbonyl (C=O) groups is 2. The van der Waals surface area contributed by atoms with Gasteiger partial charge in [-0.15, -0.1) is 0 Å². The van der Waals surface area contributed by atoms with Gasteiger partial charge in [0, 0.05) is 49.1 Å². The first-order valence-electron chi connectivity index (χ1n) is 6.26. The van der Waals surface area contributed by atoms with Crippen molar-refractivity contribution in [1.82, 2.24) is 10.2 Å². The summed E-state index contributed by atoms with van der Waals surface area (Å²) >= 11 is 0. The highest BCUT2D eigenvalue weighted by molar-refractivity contribution is 6.50. The number of benzene rings is 1. The minimum absolute atomic E-state index is 0.0990. The molecule has 0 amide bonds. The highest BCUT2D eigenvalue weighted by Gasteiger charge is 2.29. The maximum atomic E-state index is 11.8. The number of fused-ring (bicyclic) bond motifs is 1. The fourth-order valence-corrected chi connectivity index (χ4v) is 2.51. The molecule has 1 aromatic carbocycles. The molecule has 0 atom stereocenters. The van der Waals surface area contributed by atoms with Crippen LogP contribution < -0.4 is 5.32 Å². The molecule has 0 unspecified atom stereocenters. The molecule has 2 N–H and O–H groups in total. The van der Waals surface area contributed by atoms with Gasteiger partial charge in [-0.3, -0.25) is 9.59 Å². The number of Topliss-reactive ketones (excluding diaryl/α,β-unsaturated/α-hetero) is 1. The number of ketones is 2. The van der Waals surface area contributed by atoms with Gasteiger partial charge in [0.25, 0.3) is 0 Å². The van der Waals surface area contributed by atoms with Crippen molar-refractivity contribution in [3.63, 3.8) is 0 Å². The second kappa shape index (κ2) is 4.51. The van der Waals surface area contributed by atoms with E-state index in [1.165, 1.54) is 18.2 Å². The molecule has 0 spiro atoms. The Kier molecular flexibility index (Phi) is 2.83. The Morgan fingerprint density at radius 3 is 2.58 bits per heavy atom. The largest absolute Gasteiger partial charge is 0.508 e. The Labute approximate surface area is 110 Å². The van der Waals surface area contributed by atoms with Crippen LogP contribution in [0.3, 0.4) is 0 Å².